The Hall–Kier alpha value is 0.697. The van der Waals surface area contributed by atoms with Gasteiger partial charge in [0.1, 0.15) is 0 Å². The van der Waals surface area contributed by atoms with Gasteiger partial charge in [-0.05, 0) is 0 Å². The van der Waals surface area contributed by atoms with Gasteiger partial charge in [0, 0.05) is 35.9 Å². The summed E-state index contributed by atoms with van der Waals surface area (Å²) in [6.45, 7) is 0. The molecule has 0 aliphatic carbocycles. The minimum absolute atomic E-state index is 0. The largest absolute Gasteiger partial charge is 0.269 e. The quantitative estimate of drug-likeness (QED) is 0.434. The summed E-state index contributed by atoms with van der Waals surface area (Å²) in [6.07, 6.45) is 0. The van der Waals surface area contributed by atoms with Gasteiger partial charge in [0.05, 0.1) is 0 Å². The Morgan fingerprint density at radius 3 is 0.250 bits per heavy atom. The summed E-state index contributed by atoms with van der Waals surface area (Å²) in [5.74, 6) is 0. The van der Waals surface area contributed by atoms with Crippen molar-refractivity contribution in [3.63, 3.8) is 0 Å². The Morgan fingerprint density at radius 1 is 0.250 bits per heavy atom. The molecule has 0 fully saturated rings. The van der Waals surface area contributed by atoms with Crippen molar-refractivity contribution in [3.8, 4) is 0 Å². The maximum absolute atomic E-state index is 0. The van der Waals surface area contributed by atoms with E-state index in [1.165, 1.54) is 0 Å². The molecule has 0 spiro atoms. The molecule has 0 aromatic carbocycles. The Balaban J connectivity index is 0. The minimum atomic E-state index is 0. The van der Waals surface area contributed by atoms with Gasteiger partial charge in [0.25, 0.3) is 0 Å². The van der Waals surface area contributed by atoms with E-state index >= 15 is 0 Å². The second-order valence-corrected chi connectivity index (χ2v) is 0. The smallest absolute Gasteiger partial charge is 0 e. The van der Waals surface area contributed by atoms with Crippen LogP contribution in [0.1, 0.15) is 0 Å². The molecule has 8 heteroatoms. The van der Waals surface area contributed by atoms with Gasteiger partial charge >= 0.3 is 0 Å². The van der Waals surface area contributed by atoms with E-state index in [1.807, 2.05) is 0 Å². The monoisotopic (exact) mass is 270 g/mol. The van der Waals surface area contributed by atoms with Crippen molar-refractivity contribution < 1.29 is 28.2 Å². The van der Waals surface area contributed by atoms with E-state index in [9.17, 15) is 0 Å². The first-order valence-corrected chi connectivity index (χ1v) is 0. The van der Waals surface area contributed by atoms with Gasteiger partial charge in [-0.3, -0.25) is 28.2 Å². The summed E-state index contributed by atoms with van der Waals surface area (Å²) in [4.78, 5) is 0. The van der Waals surface area contributed by atoms with Crippen LogP contribution < -0.4 is 0 Å². The molecule has 6 radical (unpaired) electrons. The maximum Gasteiger partial charge on any atom is 0 e. The van der Waals surface area contributed by atoms with Crippen molar-refractivity contribution in [3.05, 3.63) is 0 Å². The zero-order chi connectivity index (χ0) is 0. The zero-order valence-electron chi connectivity index (χ0n) is 3.34. The van der Waals surface area contributed by atoms with Crippen LogP contribution in [-0.4, -0.2) is 35.9 Å². The molecule has 58 valence electrons. The molecule has 0 rings (SSSR count). The van der Waals surface area contributed by atoms with Crippen LogP contribution in [-0.2, 0) is 0 Å². The third-order valence-corrected chi connectivity index (χ3v) is 0. The molecule has 0 bridgehead atoms. The van der Waals surface area contributed by atoms with E-state index < -0.39 is 0 Å². The molecule has 0 aromatic heterocycles. The Kier molecular flexibility index (Phi) is 94300. The predicted molar refractivity (Wildman–Crippen MR) is 26.5 cm³/mol. The van der Waals surface area contributed by atoms with Crippen LogP contribution >= 0.6 is 0 Å². The van der Waals surface area contributed by atoms with Gasteiger partial charge in [-0.15, -0.1) is 0 Å². The van der Waals surface area contributed by atoms with Gasteiger partial charge < -0.3 is 0 Å². The molecule has 0 N–H and O–H groups in total. The van der Waals surface area contributed by atoms with Crippen molar-refractivity contribution in [1.29, 1.82) is 0 Å². The molecule has 8 heavy (non-hydrogen) atoms. The van der Waals surface area contributed by atoms with Crippen LogP contribution in [0.15, 0.2) is 0 Å². The number of hydrogen-bond donors (Lipinski definition) is 0. The summed E-state index contributed by atoms with van der Waals surface area (Å²) in [7, 11) is 0. The molecular weight excluding hydrogens is 264 g/mol. The molecule has 0 nitrogen and oxygen atoms in total. The van der Waals surface area contributed by atoms with E-state index in [4.69, 9.17) is 0 Å². The molecule has 0 heterocycles. The second kappa shape index (κ2) is 711. The SMILES string of the molecule is F.F.F.F.F.F.[As].[As]. The summed E-state index contributed by atoms with van der Waals surface area (Å²) in [5, 5.41) is 0. The first kappa shape index (κ1) is 1060. The average Bonchev–Trinajstić information content (AvgIpc) is 0. The molecule has 0 aromatic rings. The normalized spacial score (nSPS) is 0. The van der Waals surface area contributed by atoms with Crippen LogP contribution in [0, 0.1) is 0 Å². The van der Waals surface area contributed by atoms with Crippen LogP contribution in [0.25, 0.3) is 0 Å². The van der Waals surface area contributed by atoms with Crippen LogP contribution in [0.5, 0.6) is 0 Å². The molecular formula is H6As2F6. The first-order valence-electron chi connectivity index (χ1n) is 0. The standard InChI is InChI=1S/2As.6FH/h;;6*1H. The van der Waals surface area contributed by atoms with Gasteiger partial charge in [0.15, 0.2) is 0 Å². The van der Waals surface area contributed by atoms with Crippen LogP contribution in [0.4, 0.5) is 28.2 Å². The summed E-state index contributed by atoms with van der Waals surface area (Å²) < 4.78 is 0. The third kappa shape index (κ3) is 448. The molecule has 0 unspecified atom stereocenters. The fraction of sp³-hybridized carbons (Fsp3) is 0. The minimum Gasteiger partial charge on any atom is -0.269 e. The number of halogens is 6. The molecule has 0 saturated heterocycles. The number of rotatable bonds is 0. The third-order valence-electron chi connectivity index (χ3n) is 0. The fourth-order valence-electron chi connectivity index (χ4n) is 0. The van der Waals surface area contributed by atoms with Crippen molar-refractivity contribution >= 4 is 35.9 Å². The van der Waals surface area contributed by atoms with Crippen molar-refractivity contribution in [2.45, 2.75) is 0 Å². The van der Waals surface area contributed by atoms with Crippen molar-refractivity contribution in [2.24, 2.45) is 0 Å². The Morgan fingerprint density at radius 2 is 0.250 bits per heavy atom. The Labute approximate surface area is 64.6 Å². The van der Waals surface area contributed by atoms with E-state index in [2.05, 4.69) is 0 Å². The zero-order valence-corrected chi connectivity index (χ0v) is 7.10. The van der Waals surface area contributed by atoms with Crippen LogP contribution in [0.2, 0.25) is 0 Å². The summed E-state index contributed by atoms with van der Waals surface area (Å²) >= 11 is 0. The molecule has 0 atom stereocenters. The maximum atomic E-state index is 0. The Bertz CT molecular complexity index is 6.49. The van der Waals surface area contributed by atoms with E-state index in [0.717, 1.165) is 0 Å². The molecule has 0 saturated carbocycles. The van der Waals surface area contributed by atoms with E-state index in [-0.39, 0.29) is 64.1 Å². The van der Waals surface area contributed by atoms with Gasteiger partial charge in [0.2, 0.25) is 0 Å². The fourth-order valence-corrected chi connectivity index (χ4v) is 0. The predicted octanol–water partition coefficient (Wildman–Crippen LogP) is 0.153. The van der Waals surface area contributed by atoms with Gasteiger partial charge in [-0.25, -0.2) is 0 Å². The van der Waals surface area contributed by atoms with Crippen LogP contribution in [0.3, 0.4) is 0 Å². The van der Waals surface area contributed by atoms with Crippen molar-refractivity contribution in [2.75, 3.05) is 0 Å². The average molecular weight is 270 g/mol. The van der Waals surface area contributed by atoms with Gasteiger partial charge in [-0.1, -0.05) is 0 Å². The van der Waals surface area contributed by atoms with Crippen molar-refractivity contribution in [1.82, 2.24) is 0 Å². The molecule has 0 aliphatic heterocycles. The summed E-state index contributed by atoms with van der Waals surface area (Å²) in [5.41, 5.74) is 0. The topological polar surface area (TPSA) is 0 Å². The number of hydrogen-bond acceptors (Lipinski definition) is 0. The van der Waals surface area contributed by atoms with Gasteiger partial charge in [-0.2, -0.15) is 0 Å². The second-order valence-electron chi connectivity index (χ2n) is 0. The van der Waals surface area contributed by atoms with E-state index in [0.29, 0.717) is 0 Å². The summed E-state index contributed by atoms with van der Waals surface area (Å²) in [6, 6.07) is 0. The van der Waals surface area contributed by atoms with E-state index in [1.54, 1.807) is 0 Å². The first-order chi connectivity index (χ1) is 0. The molecule has 0 amide bonds. The molecule has 0 aliphatic rings.